The van der Waals surface area contributed by atoms with Crippen molar-refractivity contribution in [2.45, 2.75) is 56.4 Å². The highest BCUT2D eigenvalue weighted by Crippen LogP contribution is 2.65. The summed E-state index contributed by atoms with van der Waals surface area (Å²) < 4.78 is 7.08. The van der Waals surface area contributed by atoms with Gasteiger partial charge in [0.25, 0.3) is 5.91 Å². The minimum absolute atomic E-state index is 0.125. The van der Waals surface area contributed by atoms with Crippen molar-refractivity contribution in [3.8, 4) is 0 Å². The highest BCUT2D eigenvalue weighted by molar-refractivity contribution is 6.34. The predicted molar refractivity (Wildman–Crippen MR) is 188 cm³/mol. The fourth-order valence-electron chi connectivity index (χ4n) is 8.44. The quantitative estimate of drug-likeness (QED) is 0.230. The molecular formula is C39H42ClN3O5. The topological polar surface area (TPSA) is 90.4 Å². The van der Waals surface area contributed by atoms with E-state index in [4.69, 9.17) is 16.3 Å². The van der Waals surface area contributed by atoms with E-state index in [9.17, 15) is 9.90 Å². The molecule has 6 atom stereocenters. The largest absolute Gasteiger partial charge is 0.394 e. The molecule has 0 aliphatic carbocycles. The zero-order valence-electron chi connectivity index (χ0n) is 27.4. The van der Waals surface area contributed by atoms with E-state index in [1.807, 2.05) is 86.6 Å². The maximum Gasteiger partial charge on any atom is 0.253 e. The third-order valence-corrected chi connectivity index (χ3v) is 10.8. The van der Waals surface area contributed by atoms with Gasteiger partial charge in [0, 0.05) is 18.8 Å². The second kappa shape index (κ2) is 13.3. The number of benzene rings is 3. The summed E-state index contributed by atoms with van der Waals surface area (Å²) in [5.41, 5.74) is 0.375. The number of hydrogen-bond donors (Lipinski definition) is 1. The zero-order valence-corrected chi connectivity index (χ0v) is 28.2. The zero-order chi connectivity index (χ0) is 34.2. The van der Waals surface area contributed by atoms with Gasteiger partial charge in [0.2, 0.25) is 11.8 Å². The van der Waals surface area contributed by atoms with Crippen LogP contribution in [0.3, 0.4) is 0 Å². The Hall–Kier alpha value is -4.24. The first-order valence-electron chi connectivity index (χ1n) is 16.5. The molecule has 3 aromatic rings. The van der Waals surface area contributed by atoms with Crippen molar-refractivity contribution < 1.29 is 24.2 Å². The van der Waals surface area contributed by atoms with E-state index in [1.165, 1.54) is 4.90 Å². The number of ether oxygens (including phenoxy) is 1. The summed E-state index contributed by atoms with van der Waals surface area (Å²) in [5, 5.41) is 11.3. The summed E-state index contributed by atoms with van der Waals surface area (Å²) in [6.07, 6.45) is 4.67. The fraction of sp³-hybridized carbons (Fsp3) is 0.359. The van der Waals surface area contributed by atoms with Crippen molar-refractivity contribution in [1.82, 2.24) is 4.90 Å². The maximum atomic E-state index is 15.3. The lowest BCUT2D eigenvalue weighted by atomic mass is 9.64. The minimum Gasteiger partial charge on any atom is -0.394 e. The molecule has 9 heteroatoms. The summed E-state index contributed by atoms with van der Waals surface area (Å²) >= 11 is 6.74. The molecule has 250 valence electrons. The van der Waals surface area contributed by atoms with Gasteiger partial charge in [-0.25, -0.2) is 0 Å². The van der Waals surface area contributed by atoms with Crippen LogP contribution >= 0.6 is 11.6 Å². The van der Waals surface area contributed by atoms with Crippen molar-refractivity contribution in [3.63, 3.8) is 0 Å². The first-order valence-corrected chi connectivity index (χ1v) is 16.9. The molecule has 48 heavy (non-hydrogen) atoms. The number of halogens is 1. The van der Waals surface area contributed by atoms with E-state index in [0.29, 0.717) is 41.2 Å². The van der Waals surface area contributed by atoms with Crippen LogP contribution in [0.5, 0.6) is 0 Å². The van der Waals surface area contributed by atoms with Gasteiger partial charge in [-0.2, -0.15) is 0 Å². The first kappa shape index (κ1) is 33.7. The summed E-state index contributed by atoms with van der Waals surface area (Å²) in [6.45, 7) is 11.6. The van der Waals surface area contributed by atoms with Gasteiger partial charge in [-0.15, -0.1) is 13.2 Å². The number of anilines is 2. The Morgan fingerprint density at radius 3 is 2.23 bits per heavy atom. The average molecular weight is 668 g/mol. The lowest BCUT2D eigenvalue weighted by Crippen LogP contribution is -2.57. The molecule has 0 radical (unpaired) electrons. The maximum absolute atomic E-state index is 15.3. The normalized spacial score (nSPS) is 26.2. The van der Waals surface area contributed by atoms with Gasteiger partial charge in [0.15, 0.2) is 0 Å². The van der Waals surface area contributed by atoms with Crippen LogP contribution in [-0.2, 0) is 19.1 Å². The van der Waals surface area contributed by atoms with Crippen molar-refractivity contribution in [2.24, 2.45) is 11.8 Å². The second-order valence-corrected chi connectivity index (χ2v) is 13.3. The molecular weight excluding hydrogens is 626 g/mol. The number of hydrogen-bond acceptors (Lipinski definition) is 5. The Morgan fingerprint density at radius 1 is 0.979 bits per heavy atom. The highest BCUT2D eigenvalue weighted by Gasteiger charge is 2.79. The van der Waals surface area contributed by atoms with Crippen LogP contribution in [0.2, 0.25) is 5.02 Å². The molecule has 3 amide bonds. The number of aliphatic hydroxyl groups is 1. The van der Waals surface area contributed by atoms with Crippen LogP contribution in [-0.4, -0.2) is 64.7 Å². The van der Waals surface area contributed by atoms with Gasteiger partial charge < -0.3 is 24.5 Å². The van der Waals surface area contributed by atoms with Crippen LogP contribution in [0.25, 0.3) is 0 Å². The van der Waals surface area contributed by atoms with E-state index in [2.05, 4.69) is 13.2 Å². The lowest BCUT2D eigenvalue weighted by molar-refractivity contribution is -0.149. The van der Waals surface area contributed by atoms with Gasteiger partial charge >= 0.3 is 0 Å². The Bertz CT molecular complexity index is 1700. The third-order valence-electron chi connectivity index (χ3n) is 10.5. The highest BCUT2D eigenvalue weighted by atomic mass is 35.5. The monoisotopic (exact) mass is 667 g/mol. The number of aryl methyl sites for hydroxylation is 1. The second-order valence-electron chi connectivity index (χ2n) is 12.9. The molecule has 1 N–H and O–H groups in total. The van der Waals surface area contributed by atoms with E-state index in [-0.39, 0.29) is 24.9 Å². The van der Waals surface area contributed by atoms with Crippen molar-refractivity contribution >= 4 is 40.7 Å². The van der Waals surface area contributed by atoms with Crippen LogP contribution in [0.4, 0.5) is 11.4 Å². The number of nitrogens with zero attached hydrogens (tertiary/aromatic N) is 3. The molecule has 0 saturated carbocycles. The lowest BCUT2D eigenvalue weighted by Gasteiger charge is -2.40. The van der Waals surface area contributed by atoms with Crippen LogP contribution in [0, 0.1) is 18.8 Å². The number of likely N-dealkylation sites (tertiary alicyclic amines) is 1. The molecule has 6 rings (SSSR count). The first-order chi connectivity index (χ1) is 23.2. The van der Waals surface area contributed by atoms with E-state index in [0.717, 1.165) is 5.56 Å². The molecule has 3 heterocycles. The van der Waals surface area contributed by atoms with E-state index >= 15 is 9.59 Å². The predicted octanol–water partition coefficient (Wildman–Crippen LogP) is 6.28. The molecule has 8 nitrogen and oxygen atoms in total. The van der Waals surface area contributed by atoms with Gasteiger partial charge in [-0.3, -0.25) is 14.4 Å². The molecule has 3 fully saturated rings. The summed E-state index contributed by atoms with van der Waals surface area (Å²) in [6, 6.07) is 21.9. The number of carbonyl (C=O) groups is 3. The molecule has 2 bridgehead atoms. The number of aliphatic hydroxyl groups excluding tert-OH is 1. The summed E-state index contributed by atoms with van der Waals surface area (Å²) in [7, 11) is 0. The van der Waals surface area contributed by atoms with Gasteiger partial charge in [0.05, 0.1) is 40.8 Å². The Balaban J connectivity index is 1.54. The smallest absolute Gasteiger partial charge is 0.253 e. The Kier molecular flexibility index (Phi) is 9.35. The van der Waals surface area contributed by atoms with E-state index in [1.54, 1.807) is 28.0 Å². The SMILES string of the molecule is C=CCN(C(=O)[C@H]1[C@H]2C(=O)N([C@H](CO)c3ccccc3)C(C(=O)N(CC=C)c3c(C)cccc3Cl)C23CC[C@]1(CC)O3)c1ccccc1. The molecule has 3 aromatic carbocycles. The summed E-state index contributed by atoms with van der Waals surface area (Å²) in [5.74, 6) is -2.86. The average Bonchev–Trinajstić information content (AvgIpc) is 3.71. The standard InChI is InChI=1S/C39H42ClN3O5/c1-5-23-41(28-18-12-9-13-19-28)35(45)31-32-36(46)43(30(25-44)27-16-10-8-11-17-27)34(39(32)22-21-38(31,7-3)48-39)37(47)42(24-6-2)33-26(4)15-14-20-29(33)40/h5-6,8-20,30-32,34,44H,1-2,7,21-25H2,3-4H3/t30-,31-,32+,34?,38+,39?/m1/s1. The van der Waals surface area contributed by atoms with Gasteiger partial charge in [-0.05, 0) is 55.5 Å². The Morgan fingerprint density at radius 2 is 1.62 bits per heavy atom. The number of fused-ring (bicyclic) bond motifs is 1. The molecule has 1 spiro atoms. The van der Waals surface area contributed by atoms with Gasteiger partial charge in [-0.1, -0.05) is 91.3 Å². The van der Waals surface area contributed by atoms with Crippen LogP contribution in [0.1, 0.15) is 43.4 Å². The molecule has 3 aliphatic rings. The summed E-state index contributed by atoms with van der Waals surface area (Å²) in [4.78, 5) is 50.0. The van der Waals surface area contributed by atoms with Crippen molar-refractivity contribution in [3.05, 3.63) is 120 Å². The number of carbonyl (C=O) groups excluding carboxylic acids is 3. The van der Waals surface area contributed by atoms with Crippen molar-refractivity contribution in [1.29, 1.82) is 0 Å². The molecule has 2 unspecified atom stereocenters. The Labute approximate surface area is 287 Å². The number of amides is 3. The number of rotatable bonds is 12. The number of para-hydroxylation sites is 2. The van der Waals surface area contributed by atoms with E-state index < -0.39 is 47.6 Å². The minimum atomic E-state index is -1.32. The van der Waals surface area contributed by atoms with Crippen molar-refractivity contribution in [2.75, 3.05) is 29.5 Å². The van der Waals surface area contributed by atoms with Gasteiger partial charge in [0.1, 0.15) is 11.6 Å². The molecule has 3 saturated heterocycles. The fourth-order valence-corrected chi connectivity index (χ4v) is 8.76. The molecule has 0 aromatic heterocycles. The van der Waals surface area contributed by atoms with Crippen LogP contribution < -0.4 is 9.80 Å². The van der Waals surface area contributed by atoms with Crippen LogP contribution in [0.15, 0.2) is 104 Å². The third kappa shape index (κ3) is 5.18. The molecule has 3 aliphatic heterocycles.